The van der Waals surface area contributed by atoms with E-state index in [0.717, 1.165) is 0 Å². The summed E-state index contributed by atoms with van der Waals surface area (Å²) in [5.41, 5.74) is 0.540. The van der Waals surface area contributed by atoms with E-state index in [9.17, 15) is 14.7 Å². The maximum absolute atomic E-state index is 12.7. The smallest absolute Gasteiger partial charge is 0.328 e. The molecule has 0 bridgehead atoms. The SMILES string of the molecule is Cc1nc(-c2ncccn2)sc1C(=O)N1CCOCC1C(=O)O. The molecule has 9 heteroatoms. The summed E-state index contributed by atoms with van der Waals surface area (Å²) in [6, 6.07) is 0.718. The number of carbonyl (C=O) groups is 2. The summed E-state index contributed by atoms with van der Waals surface area (Å²) >= 11 is 1.17. The summed E-state index contributed by atoms with van der Waals surface area (Å²) in [6.45, 7) is 2.27. The minimum Gasteiger partial charge on any atom is -0.480 e. The number of nitrogens with zero attached hydrogens (tertiary/aromatic N) is 4. The molecular formula is C14H14N4O4S. The van der Waals surface area contributed by atoms with Crippen LogP contribution in [0.4, 0.5) is 0 Å². The minimum atomic E-state index is -1.08. The van der Waals surface area contributed by atoms with E-state index in [0.29, 0.717) is 28.0 Å². The van der Waals surface area contributed by atoms with E-state index < -0.39 is 12.0 Å². The predicted octanol–water partition coefficient (Wildman–Crippen LogP) is 0.834. The van der Waals surface area contributed by atoms with E-state index in [4.69, 9.17) is 4.74 Å². The molecular weight excluding hydrogens is 320 g/mol. The Labute approximate surface area is 135 Å². The van der Waals surface area contributed by atoms with E-state index in [-0.39, 0.29) is 19.1 Å². The average Bonchev–Trinajstić information content (AvgIpc) is 2.97. The second kappa shape index (κ2) is 6.39. The third kappa shape index (κ3) is 3.06. The van der Waals surface area contributed by atoms with Crippen LogP contribution in [0.2, 0.25) is 0 Å². The molecule has 1 fully saturated rings. The second-order valence-corrected chi connectivity index (χ2v) is 5.93. The number of aliphatic carboxylic acids is 1. The minimum absolute atomic E-state index is 0.00637. The van der Waals surface area contributed by atoms with Gasteiger partial charge in [0, 0.05) is 18.9 Å². The van der Waals surface area contributed by atoms with Gasteiger partial charge in [0.25, 0.3) is 5.91 Å². The summed E-state index contributed by atoms with van der Waals surface area (Å²) in [7, 11) is 0. The van der Waals surface area contributed by atoms with Crippen LogP contribution in [0.15, 0.2) is 18.5 Å². The Balaban J connectivity index is 1.90. The van der Waals surface area contributed by atoms with Crippen LogP contribution in [0.25, 0.3) is 10.8 Å². The highest BCUT2D eigenvalue weighted by atomic mass is 32.1. The molecule has 1 unspecified atom stereocenters. The highest BCUT2D eigenvalue weighted by molar-refractivity contribution is 7.17. The highest BCUT2D eigenvalue weighted by Gasteiger charge is 2.35. The number of hydrogen-bond acceptors (Lipinski definition) is 7. The Hall–Kier alpha value is -2.39. The van der Waals surface area contributed by atoms with Crippen molar-refractivity contribution in [3.05, 3.63) is 29.0 Å². The first-order chi connectivity index (χ1) is 11.1. The van der Waals surface area contributed by atoms with E-state index in [1.54, 1.807) is 25.4 Å². The zero-order valence-electron chi connectivity index (χ0n) is 12.3. The quantitative estimate of drug-likeness (QED) is 0.886. The summed E-state index contributed by atoms with van der Waals surface area (Å²) in [4.78, 5) is 38.3. The van der Waals surface area contributed by atoms with E-state index >= 15 is 0 Å². The molecule has 120 valence electrons. The fourth-order valence-electron chi connectivity index (χ4n) is 2.28. The summed E-state index contributed by atoms with van der Waals surface area (Å²) < 4.78 is 5.16. The molecule has 0 saturated carbocycles. The number of carboxylic acids is 1. The molecule has 1 saturated heterocycles. The number of aromatic nitrogens is 3. The number of carbonyl (C=O) groups excluding carboxylic acids is 1. The molecule has 3 rings (SSSR count). The van der Waals surface area contributed by atoms with Crippen LogP contribution in [-0.4, -0.2) is 62.6 Å². The molecule has 3 heterocycles. The van der Waals surface area contributed by atoms with Crippen LogP contribution in [0.1, 0.15) is 15.4 Å². The van der Waals surface area contributed by atoms with Gasteiger partial charge in [-0.15, -0.1) is 11.3 Å². The van der Waals surface area contributed by atoms with Crippen LogP contribution in [0, 0.1) is 6.92 Å². The van der Waals surface area contributed by atoms with Gasteiger partial charge in [0.2, 0.25) is 0 Å². The first kappa shape index (κ1) is 15.5. The van der Waals surface area contributed by atoms with Crippen molar-refractivity contribution in [3.63, 3.8) is 0 Å². The number of amides is 1. The van der Waals surface area contributed by atoms with Gasteiger partial charge >= 0.3 is 5.97 Å². The number of rotatable bonds is 3. The van der Waals surface area contributed by atoms with Crippen molar-refractivity contribution in [2.45, 2.75) is 13.0 Å². The predicted molar refractivity (Wildman–Crippen MR) is 81.2 cm³/mol. The summed E-state index contributed by atoms with van der Waals surface area (Å²) in [6.07, 6.45) is 3.20. The van der Waals surface area contributed by atoms with E-state index in [1.165, 1.54) is 16.2 Å². The molecule has 2 aromatic heterocycles. The molecule has 1 atom stereocenters. The number of hydrogen-bond donors (Lipinski definition) is 1. The van der Waals surface area contributed by atoms with Crippen molar-refractivity contribution in [2.24, 2.45) is 0 Å². The van der Waals surface area contributed by atoms with Crippen molar-refractivity contribution in [1.82, 2.24) is 19.9 Å². The van der Waals surface area contributed by atoms with Crippen molar-refractivity contribution >= 4 is 23.2 Å². The van der Waals surface area contributed by atoms with Crippen molar-refractivity contribution in [2.75, 3.05) is 19.8 Å². The van der Waals surface area contributed by atoms with Crippen molar-refractivity contribution in [1.29, 1.82) is 0 Å². The maximum atomic E-state index is 12.7. The molecule has 23 heavy (non-hydrogen) atoms. The zero-order chi connectivity index (χ0) is 16.4. The Morgan fingerprint density at radius 3 is 2.83 bits per heavy atom. The molecule has 8 nitrogen and oxygen atoms in total. The second-order valence-electron chi connectivity index (χ2n) is 4.93. The zero-order valence-corrected chi connectivity index (χ0v) is 13.1. The Morgan fingerprint density at radius 2 is 2.13 bits per heavy atom. The summed E-state index contributed by atoms with van der Waals surface area (Å²) in [5.74, 6) is -0.985. The van der Waals surface area contributed by atoms with Crippen LogP contribution in [-0.2, 0) is 9.53 Å². The van der Waals surface area contributed by atoms with Gasteiger partial charge in [0.1, 0.15) is 4.88 Å². The number of ether oxygens (including phenoxy) is 1. The number of thiazole rings is 1. The maximum Gasteiger partial charge on any atom is 0.328 e. The third-order valence-electron chi connectivity index (χ3n) is 3.42. The number of morpholine rings is 1. The first-order valence-electron chi connectivity index (χ1n) is 6.94. The van der Waals surface area contributed by atoms with Gasteiger partial charge in [-0.3, -0.25) is 4.79 Å². The van der Waals surface area contributed by atoms with Crippen molar-refractivity contribution in [3.8, 4) is 10.8 Å². The monoisotopic (exact) mass is 334 g/mol. The molecule has 1 aliphatic heterocycles. The van der Waals surface area contributed by atoms with Gasteiger partial charge in [-0.25, -0.2) is 19.7 Å². The Morgan fingerprint density at radius 1 is 1.39 bits per heavy atom. The lowest BCUT2D eigenvalue weighted by atomic mass is 10.2. The molecule has 1 N–H and O–H groups in total. The van der Waals surface area contributed by atoms with Gasteiger partial charge in [-0.2, -0.15) is 0 Å². The Kier molecular flexibility index (Phi) is 4.30. The lowest BCUT2D eigenvalue weighted by Crippen LogP contribution is -2.52. The molecule has 0 radical (unpaired) electrons. The topological polar surface area (TPSA) is 106 Å². The van der Waals surface area contributed by atoms with Gasteiger partial charge in [0.15, 0.2) is 16.9 Å². The standard InChI is InChI=1S/C14H14N4O4S/c1-8-10(23-12(17-8)11-15-3-2-4-16-11)13(19)18-5-6-22-7-9(18)14(20)21/h2-4,9H,5-7H2,1H3,(H,20,21). The third-order valence-corrected chi connectivity index (χ3v) is 4.56. The number of carboxylic acid groups (broad SMARTS) is 1. The largest absolute Gasteiger partial charge is 0.480 e. The van der Waals surface area contributed by atoms with Gasteiger partial charge in [0.05, 0.1) is 18.9 Å². The lowest BCUT2D eigenvalue weighted by Gasteiger charge is -2.32. The highest BCUT2D eigenvalue weighted by Crippen LogP contribution is 2.27. The fourth-order valence-corrected chi connectivity index (χ4v) is 3.25. The van der Waals surface area contributed by atoms with Crippen LogP contribution in [0.5, 0.6) is 0 Å². The van der Waals surface area contributed by atoms with Crippen LogP contribution in [0.3, 0.4) is 0 Å². The first-order valence-corrected chi connectivity index (χ1v) is 7.76. The van der Waals surface area contributed by atoms with Crippen molar-refractivity contribution < 1.29 is 19.4 Å². The molecule has 2 aromatic rings. The van der Waals surface area contributed by atoms with Gasteiger partial charge < -0.3 is 14.7 Å². The van der Waals surface area contributed by atoms with E-state index in [1.807, 2.05) is 0 Å². The van der Waals surface area contributed by atoms with Gasteiger partial charge in [-0.1, -0.05) is 0 Å². The molecule has 1 amide bonds. The molecule has 1 aliphatic rings. The average molecular weight is 334 g/mol. The lowest BCUT2D eigenvalue weighted by molar-refractivity contribution is -0.147. The normalized spacial score (nSPS) is 18.0. The molecule has 0 spiro atoms. The molecule has 0 aliphatic carbocycles. The van der Waals surface area contributed by atoms with Gasteiger partial charge in [-0.05, 0) is 13.0 Å². The van der Waals surface area contributed by atoms with E-state index in [2.05, 4.69) is 15.0 Å². The summed E-state index contributed by atoms with van der Waals surface area (Å²) in [5, 5.41) is 9.78. The molecule has 0 aromatic carbocycles. The Bertz CT molecular complexity index is 734. The van der Waals surface area contributed by atoms with Crippen LogP contribution < -0.4 is 0 Å². The van der Waals surface area contributed by atoms with Crippen LogP contribution >= 0.6 is 11.3 Å². The number of aryl methyl sites for hydroxylation is 1. The fraction of sp³-hybridized carbons (Fsp3) is 0.357.